The van der Waals surface area contributed by atoms with Crippen LogP contribution in [-0.2, 0) is 4.74 Å². The van der Waals surface area contributed by atoms with Crippen LogP contribution in [0.4, 0.5) is 0 Å². The molecule has 1 heterocycles. The fraction of sp³-hybridized carbons (Fsp3) is 1.00. The minimum absolute atomic E-state index is 0.442. The predicted molar refractivity (Wildman–Crippen MR) is 59.6 cm³/mol. The third kappa shape index (κ3) is 3.56. The Morgan fingerprint density at radius 2 is 1.93 bits per heavy atom. The van der Waals surface area contributed by atoms with Crippen LogP contribution in [0.5, 0.6) is 0 Å². The van der Waals surface area contributed by atoms with Crippen molar-refractivity contribution in [3.8, 4) is 0 Å². The molecule has 0 radical (unpaired) electrons. The molecule has 0 unspecified atom stereocenters. The van der Waals surface area contributed by atoms with E-state index in [0.717, 1.165) is 26.3 Å². The van der Waals surface area contributed by atoms with Crippen molar-refractivity contribution in [2.24, 2.45) is 5.41 Å². The van der Waals surface area contributed by atoms with Crippen LogP contribution >= 0.6 is 0 Å². The quantitative estimate of drug-likeness (QED) is 0.715. The van der Waals surface area contributed by atoms with Crippen LogP contribution in [0, 0.1) is 5.41 Å². The summed E-state index contributed by atoms with van der Waals surface area (Å²) in [6, 6.07) is 0. The van der Waals surface area contributed by atoms with Crippen LogP contribution in [0.1, 0.15) is 19.8 Å². The van der Waals surface area contributed by atoms with Crippen LogP contribution in [0.2, 0.25) is 0 Å². The monoisotopic (exact) mass is 200 g/mol. The lowest BCUT2D eigenvalue weighted by Gasteiger charge is -2.39. The maximum Gasteiger partial charge on any atom is 0.0472 e. The van der Waals surface area contributed by atoms with Crippen LogP contribution in [0.3, 0.4) is 0 Å². The molecule has 0 amide bonds. The van der Waals surface area contributed by atoms with Crippen LogP contribution in [0.15, 0.2) is 0 Å². The lowest BCUT2D eigenvalue weighted by molar-refractivity contribution is 0.00286. The average Bonchev–Trinajstić information content (AvgIpc) is 2.15. The molecule has 1 aliphatic heterocycles. The Bertz CT molecular complexity index is 153. The highest BCUT2D eigenvalue weighted by Gasteiger charge is 2.32. The van der Waals surface area contributed by atoms with Crippen molar-refractivity contribution in [1.29, 1.82) is 0 Å². The molecule has 1 fully saturated rings. The van der Waals surface area contributed by atoms with Gasteiger partial charge in [-0.2, -0.15) is 0 Å². The Morgan fingerprint density at radius 1 is 1.29 bits per heavy atom. The molecule has 0 bridgehead atoms. The first kappa shape index (κ1) is 12.0. The van der Waals surface area contributed by atoms with E-state index in [1.54, 1.807) is 0 Å². The molecule has 1 N–H and O–H groups in total. The summed E-state index contributed by atoms with van der Waals surface area (Å²) in [5, 5.41) is 3.48. The van der Waals surface area contributed by atoms with Gasteiger partial charge in [-0.15, -0.1) is 0 Å². The van der Waals surface area contributed by atoms with E-state index in [9.17, 15) is 0 Å². The molecule has 1 saturated heterocycles. The van der Waals surface area contributed by atoms with Crippen molar-refractivity contribution < 1.29 is 4.74 Å². The summed E-state index contributed by atoms with van der Waals surface area (Å²) in [6.07, 6.45) is 2.39. The number of nitrogens with zero attached hydrogens (tertiary/aromatic N) is 1. The van der Waals surface area contributed by atoms with Crippen LogP contribution in [-0.4, -0.2) is 51.8 Å². The highest BCUT2D eigenvalue weighted by Crippen LogP contribution is 2.30. The normalized spacial score (nSPS) is 21.4. The topological polar surface area (TPSA) is 24.5 Å². The smallest absolute Gasteiger partial charge is 0.0472 e. The van der Waals surface area contributed by atoms with Crippen molar-refractivity contribution in [1.82, 2.24) is 10.2 Å². The van der Waals surface area contributed by atoms with Gasteiger partial charge in [0.1, 0.15) is 0 Å². The van der Waals surface area contributed by atoms with Gasteiger partial charge in [-0.1, -0.05) is 6.92 Å². The summed E-state index contributed by atoms with van der Waals surface area (Å²) in [7, 11) is 4.31. The largest absolute Gasteiger partial charge is 0.381 e. The summed E-state index contributed by atoms with van der Waals surface area (Å²) in [4.78, 5) is 2.29. The van der Waals surface area contributed by atoms with Gasteiger partial charge in [0.05, 0.1) is 0 Å². The van der Waals surface area contributed by atoms with E-state index in [-0.39, 0.29) is 0 Å². The third-order valence-corrected chi connectivity index (χ3v) is 2.96. The van der Waals surface area contributed by atoms with Gasteiger partial charge in [-0.05, 0) is 38.9 Å². The molecular formula is C11H24N2O. The molecule has 0 spiro atoms. The van der Waals surface area contributed by atoms with E-state index in [1.807, 2.05) is 0 Å². The number of nitrogens with one attached hydrogen (secondary N) is 1. The second kappa shape index (κ2) is 5.69. The van der Waals surface area contributed by atoms with Gasteiger partial charge in [-0.3, -0.25) is 0 Å². The fourth-order valence-corrected chi connectivity index (χ4v) is 2.26. The number of rotatable bonds is 5. The Balaban J connectivity index is 2.47. The molecular weight excluding hydrogens is 176 g/mol. The fourth-order valence-electron chi connectivity index (χ4n) is 2.26. The number of hydrogen-bond acceptors (Lipinski definition) is 3. The molecule has 0 saturated carbocycles. The van der Waals surface area contributed by atoms with Crippen molar-refractivity contribution >= 4 is 0 Å². The third-order valence-electron chi connectivity index (χ3n) is 2.96. The predicted octanol–water partition coefficient (Wildman–Crippen LogP) is 0.954. The first-order chi connectivity index (χ1) is 6.68. The zero-order valence-electron chi connectivity index (χ0n) is 9.81. The van der Waals surface area contributed by atoms with Gasteiger partial charge in [0, 0.05) is 26.3 Å². The molecule has 0 aromatic carbocycles. The van der Waals surface area contributed by atoms with E-state index < -0.39 is 0 Å². The summed E-state index contributed by atoms with van der Waals surface area (Å²) in [6.45, 7) is 7.39. The minimum Gasteiger partial charge on any atom is -0.381 e. The van der Waals surface area contributed by atoms with Gasteiger partial charge in [0.2, 0.25) is 0 Å². The van der Waals surface area contributed by atoms with Gasteiger partial charge >= 0.3 is 0 Å². The van der Waals surface area contributed by atoms with E-state index in [2.05, 4.69) is 31.2 Å². The molecule has 1 aliphatic rings. The summed E-state index contributed by atoms with van der Waals surface area (Å²) in [5.41, 5.74) is 0.442. The Hall–Kier alpha value is -0.120. The molecule has 3 heteroatoms. The van der Waals surface area contributed by atoms with Crippen molar-refractivity contribution in [2.75, 3.05) is 46.9 Å². The SMILES string of the molecule is CCNCC1(CN(C)C)CCOCC1. The van der Waals surface area contributed by atoms with E-state index in [0.29, 0.717) is 5.41 Å². The van der Waals surface area contributed by atoms with Crippen molar-refractivity contribution in [3.63, 3.8) is 0 Å². The maximum atomic E-state index is 5.44. The van der Waals surface area contributed by atoms with E-state index in [1.165, 1.54) is 19.4 Å². The van der Waals surface area contributed by atoms with Crippen molar-refractivity contribution in [3.05, 3.63) is 0 Å². The van der Waals surface area contributed by atoms with Gasteiger partial charge < -0.3 is 15.0 Å². The van der Waals surface area contributed by atoms with Gasteiger partial charge in [0.25, 0.3) is 0 Å². The zero-order valence-corrected chi connectivity index (χ0v) is 9.81. The number of ether oxygens (including phenoxy) is 1. The Morgan fingerprint density at radius 3 is 2.43 bits per heavy atom. The summed E-state index contributed by atoms with van der Waals surface area (Å²) in [5.74, 6) is 0. The molecule has 1 rings (SSSR count). The number of hydrogen-bond donors (Lipinski definition) is 1. The van der Waals surface area contributed by atoms with Gasteiger partial charge in [-0.25, -0.2) is 0 Å². The minimum atomic E-state index is 0.442. The Kier molecular flexibility index (Phi) is 4.85. The average molecular weight is 200 g/mol. The molecule has 3 nitrogen and oxygen atoms in total. The van der Waals surface area contributed by atoms with Gasteiger partial charge in [0.15, 0.2) is 0 Å². The highest BCUT2D eigenvalue weighted by molar-refractivity contribution is 4.85. The second-order valence-corrected chi connectivity index (χ2v) is 4.63. The lowest BCUT2D eigenvalue weighted by Crippen LogP contribution is -2.45. The summed E-state index contributed by atoms with van der Waals surface area (Å²) < 4.78 is 5.44. The maximum absolute atomic E-state index is 5.44. The van der Waals surface area contributed by atoms with Crippen LogP contribution < -0.4 is 5.32 Å². The molecule has 0 aliphatic carbocycles. The summed E-state index contributed by atoms with van der Waals surface area (Å²) >= 11 is 0. The van der Waals surface area contributed by atoms with E-state index >= 15 is 0 Å². The molecule has 0 atom stereocenters. The molecule has 14 heavy (non-hydrogen) atoms. The molecule has 84 valence electrons. The van der Waals surface area contributed by atoms with Crippen molar-refractivity contribution in [2.45, 2.75) is 19.8 Å². The zero-order chi connectivity index (χ0) is 10.4. The van der Waals surface area contributed by atoms with E-state index in [4.69, 9.17) is 4.74 Å². The molecule has 0 aromatic rings. The second-order valence-electron chi connectivity index (χ2n) is 4.63. The first-order valence-corrected chi connectivity index (χ1v) is 5.62. The van der Waals surface area contributed by atoms with Crippen LogP contribution in [0.25, 0.3) is 0 Å². The Labute approximate surface area is 87.8 Å². The lowest BCUT2D eigenvalue weighted by atomic mass is 9.79. The standard InChI is InChI=1S/C11H24N2O/c1-4-12-9-11(10-13(2)3)5-7-14-8-6-11/h12H,4-10H2,1-3H3. The highest BCUT2D eigenvalue weighted by atomic mass is 16.5. The molecule has 0 aromatic heterocycles. The first-order valence-electron chi connectivity index (χ1n) is 5.62.